The lowest BCUT2D eigenvalue weighted by atomic mass is 10.0. The van der Waals surface area contributed by atoms with Gasteiger partial charge in [0, 0.05) is 6.54 Å². The topological polar surface area (TPSA) is 42.2 Å². The lowest BCUT2D eigenvalue weighted by molar-refractivity contribution is -0.115. The van der Waals surface area contributed by atoms with Crippen molar-refractivity contribution in [3.63, 3.8) is 0 Å². The molecule has 2 aromatic carbocycles. The lowest BCUT2D eigenvalue weighted by Crippen LogP contribution is -2.24. The number of amides is 1. The van der Waals surface area contributed by atoms with Crippen LogP contribution in [0.2, 0.25) is 0 Å². The van der Waals surface area contributed by atoms with Gasteiger partial charge in [0.1, 0.15) is 5.76 Å². The molecule has 0 bridgehead atoms. The molecular formula is C21H19NO2. The van der Waals surface area contributed by atoms with Crippen molar-refractivity contribution in [1.29, 1.82) is 0 Å². The Hall–Kier alpha value is -3.07. The van der Waals surface area contributed by atoms with Crippen molar-refractivity contribution in [2.75, 3.05) is 0 Å². The highest BCUT2D eigenvalue weighted by Gasteiger charge is 2.13. The van der Waals surface area contributed by atoms with Crippen LogP contribution >= 0.6 is 0 Å². The van der Waals surface area contributed by atoms with Gasteiger partial charge in [-0.1, -0.05) is 54.6 Å². The number of carbonyl (C=O) groups is 1. The molecule has 1 heterocycles. The summed E-state index contributed by atoms with van der Waals surface area (Å²) in [6.45, 7) is 2.53. The molecule has 24 heavy (non-hydrogen) atoms. The van der Waals surface area contributed by atoms with E-state index >= 15 is 0 Å². The molecule has 120 valence electrons. The standard InChI is InChI=1S/C21H19NO2/c1-16-8-5-6-11-18(16)15-22-21(23)20(14-19-12-7-13-24-19)17-9-3-2-4-10-17/h2-14H,15H2,1H3,(H,22,23)/b20-14+. The number of furan rings is 1. The number of benzene rings is 2. The summed E-state index contributed by atoms with van der Waals surface area (Å²) in [6.07, 6.45) is 3.36. The van der Waals surface area contributed by atoms with E-state index in [9.17, 15) is 4.79 Å². The maximum atomic E-state index is 12.7. The molecule has 0 unspecified atom stereocenters. The van der Waals surface area contributed by atoms with Crippen LogP contribution in [0.1, 0.15) is 22.5 Å². The number of hydrogen-bond acceptors (Lipinski definition) is 2. The lowest BCUT2D eigenvalue weighted by Gasteiger charge is -2.11. The largest absolute Gasteiger partial charge is 0.465 e. The van der Waals surface area contributed by atoms with Crippen LogP contribution < -0.4 is 5.32 Å². The smallest absolute Gasteiger partial charge is 0.252 e. The molecule has 0 saturated heterocycles. The van der Waals surface area contributed by atoms with Crippen LogP contribution in [0.5, 0.6) is 0 Å². The summed E-state index contributed by atoms with van der Waals surface area (Å²) >= 11 is 0. The van der Waals surface area contributed by atoms with Crippen LogP contribution in [0, 0.1) is 6.92 Å². The van der Waals surface area contributed by atoms with Gasteiger partial charge in [-0.05, 0) is 41.8 Å². The van der Waals surface area contributed by atoms with Crippen LogP contribution in [-0.2, 0) is 11.3 Å². The Morgan fingerprint density at radius 2 is 1.75 bits per heavy atom. The minimum atomic E-state index is -0.124. The van der Waals surface area contributed by atoms with Crippen molar-refractivity contribution >= 4 is 17.6 Å². The van der Waals surface area contributed by atoms with Crippen molar-refractivity contribution in [1.82, 2.24) is 5.32 Å². The molecule has 0 saturated carbocycles. The number of aryl methyl sites for hydroxylation is 1. The van der Waals surface area contributed by atoms with E-state index in [1.165, 1.54) is 0 Å². The minimum absolute atomic E-state index is 0.124. The molecule has 3 heteroatoms. The van der Waals surface area contributed by atoms with E-state index in [1.54, 1.807) is 18.4 Å². The second-order valence-electron chi connectivity index (χ2n) is 5.55. The maximum Gasteiger partial charge on any atom is 0.252 e. The Bertz CT molecular complexity index is 833. The highest BCUT2D eigenvalue weighted by molar-refractivity contribution is 6.23. The summed E-state index contributed by atoms with van der Waals surface area (Å²) in [5, 5.41) is 3.00. The van der Waals surface area contributed by atoms with Crippen molar-refractivity contribution in [2.24, 2.45) is 0 Å². The average Bonchev–Trinajstić information content (AvgIpc) is 3.13. The van der Waals surface area contributed by atoms with Gasteiger partial charge in [0.15, 0.2) is 0 Å². The summed E-state index contributed by atoms with van der Waals surface area (Å²) < 4.78 is 5.36. The summed E-state index contributed by atoms with van der Waals surface area (Å²) in [5.41, 5.74) is 3.71. The Labute approximate surface area is 141 Å². The first-order valence-corrected chi connectivity index (χ1v) is 7.87. The molecular weight excluding hydrogens is 298 g/mol. The Balaban J connectivity index is 1.83. The molecule has 1 N–H and O–H groups in total. The van der Waals surface area contributed by atoms with Gasteiger partial charge in [0.05, 0.1) is 11.8 Å². The normalized spacial score (nSPS) is 11.3. The molecule has 0 aliphatic carbocycles. The second kappa shape index (κ2) is 7.47. The Morgan fingerprint density at radius 1 is 1.00 bits per heavy atom. The summed E-state index contributed by atoms with van der Waals surface area (Å²) in [7, 11) is 0. The van der Waals surface area contributed by atoms with Crippen LogP contribution in [0.15, 0.2) is 77.4 Å². The van der Waals surface area contributed by atoms with Gasteiger partial charge in [-0.15, -0.1) is 0 Å². The summed E-state index contributed by atoms with van der Waals surface area (Å²) in [6, 6.07) is 21.3. The molecule has 0 spiro atoms. The van der Waals surface area contributed by atoms with Crippen LogP contribution in [0.3, 0.4) is 0 Å². The van der Waals surface area contributed by atoms with Gasteiger partial charge < -0.3 is 9.73 Å². The fourth-order valence-electron chi connectivity index (χ4n) is 2.49. The minimum Gasteiger partial charge on any atom is -0.465 e. The van der Waals surface area contributed by atoms with E-state index in [0.717, 1.165) is 16.7 Å². The van der Waals surface area contributed by atoms with Crippen molar-refractivity contribution in [3.8, 4) is 0 Å². The predicted molar refractivity (Wildman–Crippen MR) is 96.0 cm³/mol. The zero-order valence-electron chi connectivity index (χ0n) is 13.5. The van der Waals surface area contributed by atoms with Gasteiger partial charge >= 0.3 is 0 Å². The molecule has 3 rings (SSSR count). The average molecular weight is 317 g/mol. The van der Waals surface area contributed by atoms with E-state index in [2.05, 4.69) is 5.32 Å². The van der Waals surface area contributed by atoms with E-state index in [4.69, 9.17) is 4.42 Å². The first-order valence-electron chi connectivity index (χ1n) is 7.87. The molecule has 0 aliphatic heterocycles. The van der Waals surface area contributed by atoms with Crippen LogP contribution in [-0.4, -0.2) is 5.91 Å². The molecule has 3 nitrogen and oxygen atoms in total. The van der Waals surface area contributed by atoms with Gasteiger partial charge in [-0.25, -0.2) is 0 Å². The fourth-order valence-corrected chi connectivity index (χ4v) is 2.49. The molecule has 1 aromatic heterocycles. The van der Waals surface area contributed by atoms with Crippen LogP contribution in [0.25, 0.3) is 11.6 Å². The number of nitrogens with one attached hydrogen (secondary N) is 1. The van der Waals surface area contributed by atoms with Gasteiger partial charge in [0.2, 0.25) is 0 Å². The maximum absolute atomic E-state index is 12.7. The molecule has 0 fully saturated rings. The number of carbonyl (C=O) groups excluding carboxylic acids is 1. The molecule has 1 amide bonds. The first kappa shape index (κ1) is 15.8. The second-order valence-corrected chi connectivity index (χ2v) is 5.55. The van der Waals surface area contributed by atoms with Crippen molar-refractivity contribution in [2.45, 2.75) is 13.5 Å². The highest BCUT2D eigenvalue weighted by Crippen LogP contribution is 2.19. The van der Waals surface area contributed by atoms with Crippen LogP contribution in [0.4, 0.5) is 0 Å². The van der Waals surface area contributed by atoms with Crippen molar-refractivity contribution in [3.05, 3.63) is 95.4 Å². The molecule has 0 radical (unpaired) electrons. The predicted octanol–water partition coefficient (Wildman–Crippen LogP) is 4.45. The third kappa shape index (κ3) is 3.82. The highest BCUT2D eigenvalue weighted by atomic mass is 16.3. The van der Waals surface area contributed by atoms with Gasteiger partial charge in [0.25, 0.3) is 5.91 Å². The van der Waals surface area contributed by atoms with Gasteiger partial charge in [-0.3, -0.25) is 4.79 Å². The van der Waals surface area contributed by atoms with E-state index in [0.29, 0.717) is 17.9 Å². The molecule has 3 aromatic rings. The van der Waals surface area contributed by atoms with E-state index in [1.807, 2.05) is 67.6 Å². The van der Waals surface area contributed by atoms with Crippen molar-refractivity contribution < 1.29 is 9.21 Å². The first-order chi connectivity index (χ1) is 11.7. The Morgan fingerprint density at radius 3 is 2.46 bits per heavy atom. The molecule has 0 aliphatic rings. The zero-order chi connectivity index (χ0) is 16.8. The summed E-state index contributed by atoms with van der Waals surface area (Å²) in [4.78, 5) is 12.7. The summed E-state index contributed by atoms with van der Waals surface area (Å²) in [5.74, 6) is 0.528. The SMILES string of the molecule is Cc1ccccc1CNC(=O)/C(=C/c1ccco1)c1ccccc1. The quantitative estimate of drug-likeness (QED) is 0.707. The number of hydrogen-bond donors (Lipinski definition) is 1. The fraction of sp³-hybridized carbons (Fsp3) is 0.0952. The number of rotatable bonds is 5. The van der Waals surface area contributed by atoms with E-state index in [-0.39, 0.29) is 5.91 Å². The van der Waals surface area contributed by atoms with Gasteiger partial charge in [-0.2, -0.15) is 0 Å². The van der Waals surface area contributed by atoms with E-state index < -0.39 is 0 Å². The molecule has 0 atom stereocenters. The third-order valence-corrected chi connectivity index (χ3v) is 3.86. The monoisotopic (exact) mass is 317 g/mol. The third-order valence-electron chi connectivity index (χ3n) is 3.86. The zero-order valence-corrected chi connectivity index (χ0v) is 13.5. The Kier molecular flexibility index (Phi) is 4.92.